The highest BCUT2D eigenvalue weighted by molar-refractivity contribution is 5.77. The van der Waals surface area contributed by atoms with Crippen molar-refractivity contribution in [3.63, 3.8) is 0 Å². The first-order valence-electron chi connectivity index (χ1n) is 7.80. The Kier molecular flexibility index (Phi) is 4.15. The minimum atomic E-state index is -1.35. The van der Waals surface area contributed by atoms with Crippen LogP contribution in [0.2, 0.25) is 0 Å². The van der Waals surface area contributed by atoms with E-state index in [1.54, 1.807) is 6.92 Å². The van der Waals surface area contributed by atoms with E-state index >= 15 is 0 Å². The van der Waals surface area contributed by atoms with Crippen molar-refractivity contribution in [1.82, 2.24) is 10.2 Å². The number of H-pyrrole nitrogens is 2. The summed E-state index contributed by atoms with van der Waals surface area (Å²) in [6.45, 7) is 5.19. The number of aromatic nitrogens is 2. The fourth-order valence-electron chi connectivity index (χ4n) is 3.51. The third kappa shape index (κ3) is 2.69. The average molecular weight is 328 g/mol. The van der Waals surface area contributed by atoms with Gasteiger partial charge in [-0.2, -0.15) is 0 Å². The van der Waals surface area contributed by atoms with E-state index in [4.69, 9.17) is 4.74 Å². The van der Waals surface area contributed by atoms with Crippen LogP contribution < -0.4 is 5.56 Å². The Labute approximate surface area is 139 Å². The summed E-state index contributed by atoms with van der Waals surface area (Å²) < 4.78 is 5.21. The van der Waals surface area contributed by atoms with Crippen LogP contribution in [0.3, 0.4) is 0 Å². The van der Waals surface area contributed by atoms with Crippen LogP contribution in [-0.4, -0.2) is 33.5 Å². The number of hydrogen-bond acceptors (Lipinski definition) is 4. The Hall–Kier alpha value is -2.60. The highest BCUT2D eigenvalue weighted by Crippen LogP contribution is 2.44. The van der Waals surface area contributed by atoms with Gasteiger partial charge >= 0.3 is 5.97 Å². The minimum Gasteiger partial charge on any atom is -0.461 e. The van der Waals surface area contributed by atoms with E-state index < -0.39 is 23.4 Å². The van der Waals surface area contributed by atoms with Crippen molar-refractivity contribution in [2.24, 2.45) is 5.92 Å². The molecule has 0 fully saturated rings. The number of esters is 1. The molecule has 0 radical (unpaired) electrons. The Morgan fingerprint density at radius 3 is 2.79 bits per heavy atom. The molecule has 0 saturated carbocycles. The summed E-state index contributed by atoms with van der Waals surface area (Å²) in [6, 6.07) is 9.22. The lowest BCUT2D eigenvalue weighted by Crippen LogP contribution is -2.50. The van der Waals surface area contributed by atoms with Crippen LogP contribution in [0.15, 0.2) is 47.8 Å². The van der Waals surface area contributed by atoms with Gasteiger partial charge in [-0.1, -0.05) is 43.0 Å². The first kappa shape index (κ1) is 16.3. The summed E-state index contributed by atoms with van der Waals surface area (Å²) in [6.07, 6.45) is 1.64. The van der Waals surface area contributed by atoms with Crippen molar-refractivity contribution in [1.29, 1.82) is 0 Å². The van der Waals surface area contributed by atoms with Crippen molar-refractivity contribution in [3.8, 4) is 0 Å². The van der Waals surface area contributed by atoms with Crippen LogP contribution in [0, 0.1) is 5.92 Å². The molecule has 3 rings (SSSR count). The molecule has 126 valence electrons. The van der Waals surface area contributed by atoms with Gasteiger partial charge in [0.2, 0.25) is 0 Å². The molecule has 1 aromatic heterocycles. The second kappa shape index (κ2) is 6.13. The van der Waals surface area contributed by atoms with Crippen LogP contribution in [0.1, 0.15) is 29.7 Å². The topological polar surface area (TPSA) is 95.2 Å². The molecular weight excluding hydrogens is 308 g/mol. The van der Waals surface area contributed by atoms with Gasteiger partial charge < -0.3 is 14.9 Å². The van der Waals surface area contributed by atoms with Gasteiger partial charge in [-0.25, -0.2) is 0 Å². The van der Waals surface area contributed by atoms with Crippen molar-refractivity contribution in [3.05, 3.63) is 70.2 Å². The molecular formula is C18H20N2O4. The number of rotatable bonds is 4. The molecule has 0 bridgehead atoms. The maximum absolute atomic E-state index is 12.6. The molecule has 1 heterocycles. The number of aliphatic hydroxyl groups is 1. The van der Waals surface area contributed by atoms with Crippen molar-refractivity contribution >= 4 is 5.97 Å². The molecule has 1 aromatic carbocycles. The molecule has 2 aromatic rings. The summed E-state index contributed by atoms with van der Waals surface area (Å²) in [7, 11) is 0. The maximum Gasteiger partial charge on any atom is 0.313 e. The first-order chi connectivity index (χ1) is 11.5. The van der Waals surface area contributed by atoms with E-state index in [9.17, 15) is 14.7 Å². The molecule has 1 aliphatic carbocycles. The molecule has 0 aliphatic heterocycles. The number of benzene rings is 1. The van der Waals surface area contributed by atoms with Crippen LogP contribution in [-0.2, 0) is 16.0 Å². The smallest absolute Gasteiger partial charge is 0.313 e. The van der Waals surface area contributed by atoms with E-state index in [2.05, 4.69) is 16.8 Å². The average Bonchev–Trinajstić information content (AvgIpc) is 2.91. The SMILES string of the molecule is C=CCOC(=O)[C@@H]1[C@@H](c2ccccc2)c2c([nH][nH]c2=O)C[C@]1(C)O. The van der Waals surface area contributed by atoms with Gasteiger partial charge in [-0.15, -0.1) is 0 Å². The highest BCUT2D eigenvalue weighted by Gasteiger charge is 2.51. The lowest BCUT2D eigenvalue weighted by atomic mass is 9.66. The molecule has 0 amide bonds. The zero-order valence-corrected chi connectivity index (χ0v) is 13.4. The van der Waals surface area contributed by atoms with Gasteiger partial charge in [0.1, 0.15) is 6.61 Å². The van der Waals surface area contributed by atoms with Gasteiger partial charge in [0.25, 0.3) is 5.56 Å². The fraction of sp³-hybridized carbons (Fsp3) is 0.333. The number of fused-ring (bicyclic) bond motifs is 1. The van der Waals surface area contributed by atoms with E-state index in [0.717, 1.165) is 5.56 Å². The van der Waals surface area contributed by atoms with Crippen LogP contribution >= 0.6 is 0 Å². The predicted molar refractivity (Wildman–Crippen MR) is 88.7 cm³/mol. The van der Waals surface area contributed by atoms with Crippen molar-refractivity contribution in [2.45, 2.75) is 24.9 Å². The van der Waals surface area contributed by atoms with Gasteiger partial charge in [-0.3, -0.25) is 14.7 Å². The number of carbonyl (C=O) groups excluding carboxylic acids is 1. The van der Waals surface area contributed by atoms with Crippen LogP contribution in [0.25, 0.3) is 0 Å². The number of hydrogen-bond donors (Lipinski definition) is 3. The monoisotopic (exact) mass is 328 g/mol. The number of carbonyl (C=O) groups is 1. The highest BCUT2D eigenvalue weighted by atomic mass is 16.5. The standard InChI is InChI=1S/C18H20N2O4/c1-3-9-24-17(22)15-13(11-7-5-4-6-8-11)14-12(10-18(15,2)23)19-20-16(14)21/h3-8,13,15,23H,1,9-10H2,2H3,(H2,19,20,21)/t13-,15-,18-/m0/s1. The lowest BCUT2D eigenvalue weighted by Gasteiger charge is -2.40. The molecule has 6 heteroatoms. The third-order valence-corrected chi connectivity index (χ3v) is 4.50. The van der Waals surface area contributed by atoms with Crippen molar-refractivity contribution in [2.75, 3.05) is 6.61 Å². The second-order valence-corrected chi connectivity index (χ2v) is 6.29. The number of aromatic amines is 2. The van der Waals surface area contributed by atoms with E-state index in [0.29, 0.717) is 11.3 Å². The molecule has 24 heavy (non-hydrogen) atoms. The summed E-state index contributed by atoms with van der Waals surface area (Å²) in [5.41, 5.74) is 0.247. The third-order valence-electron chi connectivity index (χ3n) is 4.50. The van der Waals surface area contributed by atoms with Gasteiger partial charge in [-0.05, 0) is 12.5 Å². The summed E-state index contributed by atoms with van der Waals surface area (Å²) in [4.78, 5) is 25.0. The summed E-state index contributed by atoms with van der Waals surface area (Å²) in [5, 5.41) is 16.3. The maximum atomic E-state index is 12.6. The van der Waals surface area contributed by atoms with E-state index in [1.165, 1.54) is 6.08 Å². The first-order valence-corrected chi connectivity index (χ1v) is 7.80. The number of ether oxygens (including phenoxy) is 1. The van der Waals surface area contributed by atoms with Gasteiger partial charge in [0.15, 0.2) is 0 Å². The fourth-order valence-corrected chi connectivity index (χ4v) is 3.51. The molecule has 3 N–H and O–H groups in total. The molecule has 6 nitrogen and oxygen atoms in total. The minimum absolute atomic E-state index is 0.0588. The molecule has 3 atom stereocenters. The van der Waals surface area contributed by atoms with Gasteiger partial charge in [0.05, 0.1) is 11.5 Å². The van der Waals surface area contributed by atoms with Crippen LogP contribution in [0.5, 0.6) is 0 Å². The van der Waals surface area contributed by atoms with Crippen LogP contribution in [0.4, 0.5) is 0 Å². The van der Waals surface area contributed by atoms with E-state index in [1.807, 2.05) is 30.3 Å². The molecule has 1 aliphatic rings. The lowest BCUT2D eigenvalue weighted by molar-refractivity contribution is -0.158. The van der Waals surface area contributed by atoms with E-state index in [-0.39, 0.29) is 18.6 Å². The Morgan fingerprint density at radius 1 is 1.42 bits per heavy atom. The summed E-state index contributed by atoms with van der Waals surface area (Å²) in [5.74, 6) is -2.01. The predicted octanol–water partition coefficient (Wildman–Crippen LogP) is 1.49. The molecule has 0 unspecified atom stereocenters. The van der Waals surface area contributed by atoms with Gasteiger partial charge in [0, 0.05) is 23.6 Å². The quantitative estimate of drug-likeness (QED) is 0.585. The second-order valence-electron chi connectivity index (χ2n) is 6.29. The zero-order valence-electron chi connectivity index (χ0n) is 13.4. The summed E-state index contributed by atoms with van der Waals surface area (Å²) >= 11 is 0. The Morgan fingerprint density at radius 2 is 2.12 bits per heavy atom. The normalized spacial score (nSPS) is 25.8. The Bertz CT molecular complexity index is 804. The molecule has 0 saturated heterocycles. The zero-order chi connectivity index (χ0) is 17.3. The largest absolute Gasteiger partial charge is 0.461 e. The number of nitrogens with one attached hydrogen (secondary N) is 2. The Balaban J connectivity index is 2.16. The van der Waals surface area contributed by atoms with Crippen molar-refractivity contribution < 1.29 is 14.6 Å². The molecule has 0 spiro atoms.